The number of carbonyl (C=O) groups excluding carboxylic acids is 1. The van der Waals surface area contributed by atoms with E-state index in [1.54, 1.807) is 6.20 Å². The van der Waals surface area contributed by atoms with E-state index in [-0.39, 0.29) is 11.9 Å². The summed E-state index contributed by atoms with van der Waals surface area (Å²) in [4.78, 5) is 15.4. The van der Waals surface area contributed by atoms with Crippen molar-refractivity contribution in [2.45, 2.75) is 25.9 Å². The van der Waals surface area contributed by atoms with Gasteiger partial charge in [-0.25, -0.2) is 0 Å². The Morgan fingerprint density at radius 1 is 1.57 bits per heavy atom. The lowest BCUT2D eigenvalue weighted by molar-refractivity contribution is -0.128. The van der Waals surface area contributed by atoms with Crippen molar-refractivity contribution < 1.29 is 9.53 Å². The molecule has 0 radical (unpaired) electrons. The summed E-state index contributed by atoms with van der Waals surface area (Å²) >= 11 is 0. The summed E-state index contributed by atoms with van der Waals surface area (Å²) in [5.41, 5.74) is 2.02. The normalized spacial score (nSPS) is 22.4. The minimum atomic E-state index is -0.129. The lowest BCUT2D eigenvalue weighted by Crippen LogP contribution is -2.20. The van der Waals surface area contributed by atoms with Crippen LogP contribution >= 0.6 is 0 Å². The molecule has 1 atom stereocenters. The molecular weight excluding hydrogens is 178 g/mol. The Hall–Kier alpha value is -1.22. The van der Waals surface area contributed by atoms with E-state index in [0.29, 0.717) is 19.4 Å². The maximum atomic E-state index is 11.2. The van der Waals surface area contributed by atoms with Gasteiger partial charge in [-0.3, -0.25) is 9.78 Å². The van der Waals surface area contributed by atoms with Crippen molar-refractivity contribution in [2.75, 3.05) is 6.61 Å². The fourth-order valence-corrected chi connectivity index (χ4v) is 1.61. The van der Waals surface area contributed by atoms with Crippen LogP contribution in [0.5, 0.6) is 0 Å². The van der Waals surface area contributed by atoms with Crippen LogP contribution in [0.25, 0.3) is 0 Å². The van der Waals surface area contributed by atoms with E-state index < -0.39 is 0 Å². The van der Waals surface area contributed by atoms with Crippen molar-refractivity contribution in [3.8, 4) is 0 Å². The largest absolute Gasteiger partial charge is 0.371 e. The first-order chi connectivity index (χ1) is 6.75. The highest BCUT2D eigenvalue weighted by atomic mass is 16.5. The molecule has 0 saturated carbocycles. The Labute approximate surface area is 83.1 Å². The predicted octanol–water partition coefficient (Wildman–Crippen LogP) is 1.81. The fourth-order valence-electron chi connectivity index (χ4n) is 1.61. The van der Waals surface area contributed by atoms with Crippen LogP contribution in [-0.4, -0.2) is 17.4 Å². The van der Waals surface area contributed by atoms with Crippen molar-refractivity contribution in [3.63, 3.8) is 0 Å². The molecule has 1 fully saturated rings. The molecule has 0 N–H and O–H groups in total. The Morgan fingerprint density at radius 2 is 2.43 bits per heavy atom. The van der Waals surface area contributed by atoms with Gasteiger partial charge in [0, 0.05) is 19.0 Å². The van der Waals surface area contributed by atoms with E-state index in [1.165, 1.54) is 0 Å². The number of aryl methyl sites for hydroxylation is 1. The van der Waals surface area contributed by atoms with E-state index in [9.17, 15) is 4.79 Å². The maximum Gasteiger partial charge on any atom is 0.138 e. The Morgan fingerprint density at radius 3 is 3.14 bits per heavy atom. The molecule has 2 rings (SSSR count). The van der Waals surface area contributed by atoms with E-state index in [4.69, 9.17) is 4.74 Å². The molecule has 0 spiro atoms. The Kier molecular flexibility index (Phi) is 2.59. The molecule has 0 amide bonds. The zero-order valence-electron chi connectivity index (χ0n) is 8.19. The lowest BCUT2D eigenvalue weighted by Gasteiger charge is -2.21. The zero-order valence-corrected chi connectivity index (χ0v) is 8.19. The molecule has 3 nitrogen and oxygen atoms in total. The first-order valence-electron chi connectivity index (χ1n) is 4.81. The van der Waals surface area contributed by atoms with Gasteiger partial charge in [0.1, 0.15) is 11.9 Å². The SMILES string of the molecule is Cc1ccnc(C2CC(=O)CCO2)c1. The van der Waals surface area contributed by atoms with Crippen LogP contribution in [0.3, 0.4) is 0 Å². The van der Waals surface area contributed by atoms with Gasteiger partial charge in [0.25, 0.3) is 0 Å². The summed E-state index contributed by atoms with van der Waals surface area (Å²) in [5.74, 6) is 0.268. The van der Waals surface area contributed by atoms with E-state index >= 15 is 0 Å². The monoisotopic (exact) mass is 191 g/mol. The van der Waals surface area contributed by atoms with Gasteiger partial charge in [-0.15, -0.1) is 0 Å². The number of Topliss-reactive ketones (excluding diaryl/α,β-unsaturated/α-hetero) is 1. The molecule has 1 aliphatic rings. The fraction of sp³-hybridized carbons (Fsp3) is 0.455. The van der Waals surface area contributed by atoms with E-state index in [2.05, 4.69) is 4.98 Å². The van der Waals surface area contributed by atoms with Crippen LogP contribution in [-0.2, 0) is 9.53 Å². The van der Waals surface area contributed by atoms with Crippen molar-refractivity contribution in [1.29, 1.82) is 0 Å². The van der Waals surface area contributed by atoms with Crippen LogP contribution in [0, 0.1) is 6.92 Å². The molecule has 1 aliphatic heterocycles. The molecule has 2 heterocycles. The summed E-state index contributed by atoms with van der Waals surface area (Å²) in [6.07, 6.45) is 2.64. The van der Waals surface area contributed by atoms with Gasteiger partial charge in [-0.2, -0.15) is 0 Å². The number of rotatable bonds is 1. The maximum absolute atomic E-state index is 11.2. The van der Waals surface area contributed by atoms with Gasteiger partial charge in [-0.05, 0) is 24.6 Å². The third kappa shape index (κ3) is 1.99. The second kappa shape index (κ2) is 3.88. The van der Waals surface area contributed by atoms with Gasteiger partial charge in [0.05, 0.1) is 12.3 Å². The average Bonchev–Trinajstić information content (AvgIpc) is 2.18. The minimum absolute atomic E-state index is 0.129. The zero-order chi connectivity index (χ0) is 9.97. The number of aromatic nitrogens is 1. The number of pyridine rings is 1. The van der Waals surface area contributed by atoms with E-state index in [1.807, 2.05) is 19.1 Å². The molecule has 1 aromatic rings. The molecule has 0 aromatic carbocycles. The number of ether oxygens (including phenoxy) is 1. The van der Waals surface area contributed by atoms with Crippen LogP contribution in [0.15, 0.2) is 18.3 Å². The topological polar surface area (TPSA) is 39.2 Å². The molecule has 0 bridgehead atoms. The highest BCUT2D eigenvalue weighted by Crippen LogP contribution is 2.24. The summed E-state index contributed by atoms with van der Waals surface area (Å²) < 4.78 is 5.51. The molecule has 14 heavy (non-hydrogen) atoms. The first kappa shape index (κ1) is 9.34. The second-order valence-electron chi connectivity index (χ2n) is 3.61. The van der Waals surface area contributed by atoms with Crippen molar-refractivity contribution in [2.24, 2.45) is 0 Å². The summed E-state index contributed by atoms with van der Waals surface area (Å²) in [7, 11) is 0. The van der Waals surface area contributed by atoms with Crippen molar-refractivity contribution >= 4 is 5.78 Å². The van der Waals surface area contributed by atoms with Crippen LogP contribution in [0.1, 0.15) is 30.2 Å². The summed E-state index contributed by atoms with van der Waals surface area (Å²) in [6.45, 7) is 2.54. The summed E-state index contributed by atoms with van der Waals surface area (Å²) in [5, 5.41) is 0. The molecule has 74 valence electrons. The van der Waals surface area contributed by atoms with Gasteiger partial charge in [-0.1, -0.05) is 0 Å². The third-order valence-corrected chi connectivity index (χ3v) is 2.38. The number of nitrogens with zero attached hydrogens (tertiary/aromatic N) is 1. The molecule has 3 heteroatoms. The third-order valence-electron chi connectivity index (χ3n) is 2.38. The van der Waals surface area contributed by atoms with Crippen LogP contribution in [0.4, 0.5) is 0 Å². The molecular formula is C11H13NO2. The predicted molar refractivity (Wildman–Crippen MR) is 51.9 cm³/mol. The lowest BCUT2D eigenvalue weighted by atomic mass is 10.0. The van der Waals surface area contributed by atoms with Crippen molar-refractivity contribution in [1.82, 2.24) is 4.98 Å². The number of carbonyl (C=O) groups is 1. The van der Waals surface area contributed by atoms with Gasteiger partial charge in [0.2, 0.25) is 0 Å². The van der Waals surface area contributed by atoms with E-state index in [0.717, 1.165) is 11.3 Å². The smallest absolute Gasteiger partial charge is 0.138 e. The standard InChI is InChI=1S/C11H13NO2/c1-8-2-4-12-10(6-8)11-7-9(13)3-5-14-11/h2,4,6,11H,3,5,7H2,1H3. The number of hydrogen-bond acceptors (Lipinski definition) is 3. The van der Waals surface area contributed by atoms with Gasteiger partial charge < -0.3 is 4.74 Å². The summed E-state index contributed by atoms with van der Waals surface area (Å²) in [6, 6.07) is 3.91. The van der Waals surface area contributed by atoms with Crippen LogP contribution < -0.4 is 0 Å². The quantitative estimate of drug-likeness (QED) is 0.679. The van der Waals surface area contributed by atoms with Crippen LogP contribution in [0.2, 0.25) is 0 Å². The van der Waals surface area contributed by atoms with Crippen molar-refractivity contribution in [3.05, 3.63) is 29.6 Å². The number of ketones is 1. The highest BCUT2D eigenvalue weighted by Gasteiger charge is 2.22. The molecule has 1 aromatic heterocycles. The van der Waals surface area contributed by atoms with Gasteiger partial charge >= 0.3 is 0 Å². The first-order valence-corrected chi connectivity index (χ1v) is 4.81. The average molecular weight is 191 g/mol. The molecule has 1 unspecified atom stereocenters. The molecule has 0 aliphatic carbocycles. The Bertz CT molecular complexity index is 349. The highest BCUT2D eigenvalue weighted by molar-refractivity contribution is 5.79. The second-order valence-corrected chi connectivity index (χ2v) is 3.61. The van der Waals surface area contributed by atoms with Gasteiger partial charge in [0.15, 0.2) is 0 Å². The minimum Gasteiger partial charge on any atom is -0.371 e. The Balaban J connectivity index is 2.17. The number of hydrogen-bond donors (Lipinski definition) is 0. The molecule has 1 saturated heterocycles.